The molecule has 0 saturated carbocycles. The van der Waals surface area contributed by atoms with Crippen molar-refractivity contribution < 1.29 is 4.74 Å². The predicted molar refractivity (Wildman–Crippen MR) is 70.4 cm³/mol. The molecule has 3 rings (SSSR count). The molecule has 19 heavy (non-hydrogen) atoms. The molecule has 100 valence electrons. The Balaban J connectivity index is 1.70. The fraction of sp³-hybridized carbons (Fsp3) is 0.417. The summed E-state index contributed by atoms with van der Waals surface area (Å²) < 4.78 is 7.08. The number of hydrogen-bond donors (Lipinski definition) is 1. The van der Waals surface area contributed by atoms with Crippen LogP contribution in [0.2, 0.25) is 0 Å². The Labute approximate surface area is 111 Å². The van der Waals surface area contributed by atoms with E-state index >= 15 is 0 Å². The summed E-state index contributed by atoms with van der Waals surface area (Å²) in [5, 5.41) is 14.4. The number of hydrogen-bond acceptors (Lipinski definition) is 6. The van der Waals surface area contributed by atoms with E-state index in [4.69, 9.17) is 4.74 Å². The van der Waals surface area contributed by atoms with E-state index in [1.807, 2.05) is 12.1 Å². The van der Waals surface area contributed by atoms with Crippen molar-refractivity contribution in [2.24, 2.45) is 7.05 Å². The molecule has 1 aromatic heterocycles. The molecule has 1 aromatic carbocycles. The van der Waals surface area contributed by atoms with Crippen molar-refractivity contribution in [3.63, 3.8) is 0 Å². The van der Waals surface area contributed by atoms with Crippen LogP contribution in [0.4, 0.5) is 5.69 Å². The molecule has 0 bridgehead atoms. The molecule has 7 heteroatoms. The van der Waals surface area contributed by atoms with Gasteiger partial charge in [-0.25, -0.2) is 0 Å². The number of aromatic nitrogens is 4. The number of tetrazole rings is 1. The number of benzene rings is 1. The number of nitrogens with one attached hydrogen (secondary N) is 1. The van der Waals surface area contributed by atoms with Gasteiger partial charge in [0.25, 0.3) is 0 Å². The summed E-state index contributed by atoms with van der Waals surface area (Å²) in [7, 11) is 1.74. The monoisotopic (exact) mass is 260 g/mol. The standard InChI is InChI=1S/C12H16N6O/c1-17-12(14-15-16-17)19-11-4-2-10(3-5-11)18-8-6-13-7-9-18/h2-5,13H,6-9H2,1H3. The minimum Gasteiger partial charge on any atom is -0.423 e. The van der Waals surface area contributed by atoms with Gasteiger partial charge in [0.2, 0.25) is 0 Å². The summed E-state index contributed by atoms with van der Waals surface area (Å²) in [4.78, 5) is 2.35. The Bertz CT molecular complexity index is 531. The van der Waals surface area contributed by atoms with E-state index in [1.165, 1.54) is 10.4 Å². The number of rotatable bonds is 3. The first kappa shape index (κ1) is 11.9. The highest BCUT2D eigenvalue weighted by atomic mass is 16.5. The summed E-state index contributed by atoms with van der Waals surface area (Å²) in [6.07, 6.45) is 0. The Kier molecular flexibility index (Phi) is 3.28. The third-order valence-corrected chi connectivity index (χ3v) is 3.11. The van der Waals surface area contributed by atoms with Gasteiger partial charge < -0.3 is 15.0 Å². The SMILES string of the molecule is Cn1nnnc1Oc1ccc(N2CCNCC2)cc1. The largest absolute Gasteiger partial charge is 0.423 e. The zero-order chi connectivity index (χ0) is 13.1. The van der Waals surface area contributed by atoms with Crippen LogP contribution in [-0.2, 0) is 7.05 Å². The number of anilines is 1. The summed E-state index contributed by atoms with van der Waals surface area (Å²) in [6, 6.07) is 8.38. The fourth-order valence-electron chi connectivity index (χ4n) is 2.06. The van der Waals surface area contributed by atoms with Gasteiger partial charge in [-0.1, -0.05) is 5.10 Å². The lowest BCUT2D eigenvalue weighted by Gasteiger charge is -2.29. The molecule has 1 aliphatic heterocycles. The minimum atomic E-state index is 0.384. The van der Waals surface area contributed by atoms with Crippen LogP contribution in [0.5, 0.6) is 11.8 Å². The Hall–Kier alpha value is -2.15. The van der Waals surface area contributed by atoms with E-state index in [9.17, 15) is 0 Å². The van der Waals surface area contributed by atoms with Gasteiger partial charge in [-0.05, 0) is 34.7 Å². The summed E-state index contributed by atoms with van der Waals surface area (Å²) in [5.41, 5.74) is 1.21. The topological polar surface area (TPSA) is 68.1 Å². The summed E-state index contributed by atoms with van der Waals surface area (Å²) in [6.45, 7) is 4.13. The van der Waals surface area contributed by atoms with Crippen molar-refractivity contribution in [3.05, 3.63) is 24.3 Å². The zero-order valence-electron chi connectivity index (χ0n) is 10.8. The predicted octanol–water partition coefficient (Wildman–Crippen LogP) is 0.412. The summed E-state index contributed by atoms with van der Waals surface area (Å²) in [5.74, 6) is 0.733. The molecule has 7 nitrogen and oxygen atoms in total. The Morgan fingerprint density at radius 2 is 1.89 bits per heavy atom. The third-order valence-electron chi connectivity index (χ3n) is 3.11. The summed E-state index contributed by atoms with van der Waals surface area (Å²) >= 11 is 0. The molecule has 0 aliphatic carbocycles. The molecule has 0 radical (unpaired) electrons. The Morgan fingerprint density at radius 1 is 1.16 bits per heavy atom. The van der Waals surface area contributed by atoms with Gasteiger partial charge >= 0.3 is 6.01 Å². The van der Waals surface area contributed by atoms with Gasteiger partial charge in [0.1, 0.15) is 5.75 Å². The molecular weight excluding hydrogens is 244 g/mol. The average Bonchev–Trinajstić information content (AvgIpc) is 2.86. The van der Waals surface area contributed by atoms with Gasteiger partial charge in [0.15, 0.2) is 0 Å². The maximum Gasteiger partial charge on any atom is 0.340 e. The van der Waals surface area contributed by atoms with Crippen LogP contribution in [0, 0.1) is 0 Å². The van der Waals surface area contributed by atoms with Gasteiger partial charge in [-0.3, -0.25) is 0 Å². The minimum absolute atomic E-state index is 0.384. The first-order chi connectivity index (χ1) is 9.33. The van der Waals surface area contributed by atoms with Crippen molar-refractivity contribution in [1.29, 1.82) is 0 Å². The molecule has 1 aliphatic rings. The lowest BCUT2D eigenvalue weighted by atomic mass is 10.2. The molecule has 0 amide bonds. The zero-order valence-corrected chi connectivity index (χ0v) is 10.8. The Morgan fingerprint density at radius 3 is 2.53 bits per heavy atom. The lowest BCUT2D eigenvalue weighted by molar-refractivity contribution is 0.414. The second kappa shape index (κ2) is 5.23. The number of piperazine rings is 1. The molecular formula is C12H16N6O. The quantitative estimate of drug-likeness (QED) is 0.862. The molecule has 0 unspecified atom stereocenters. The lowest BCUT2D eigenvalue weighted by Crippen LogP contribution is -2.43. The second-order valence-corrected chi connectivity index (χ2v) is 4.42. The van der Waals surface area contributed by atoms with Crippen LogP contribution >= 0.6 is 0 Å². The third kappa shape index (κ3) is 2.65. The molecule has 1 N–H and O–H groups in total. The smallest absolute Gasteiger partial charge is 0.340 e. The maximum atomic E-state index is 5.59. The average molecular weight is 260 g/mol. The van der Waals surface area contributed by atoms with Gasteiger partial charge in [0, 0.05) is 38.9 Å². The van der Waals surface area contributed by atoms with Crippen molar-refractivity contribution in [3.8, 4) is 11.8 Å². The van der Waals surface area contributed by atoms with Crippen LogP contribution in [0.15, 0.2) is 24.3 Å². The highest BCUT2D eigenvalue weighted by Crippen LogP contribution is 2.22. The molecule has 0 atom stereocenters. The number of ether oxygens (including phenoxy) is 1. The molecule has 2 heterocycles. The molecule has 0 spiro atoms. The molecule has 2 aromatic rings. The van der Waals surface area contributed by atoms with Gasteiger partial charge in [-0.2, -0.15) is 4.68 Å². The van der Waals surface area contributed by atoms with Crippen molar-refractivity contribution in [1.82, 2.24) is 25.5 Å². The first-order valence-electron chi connectivity index (χ1n) is 6.29. The van der Waals surface area contributed by atoms with Crippen LogP contribution < -0.4 is 15.0 Å². The van der Waals surface area contributed by atoms with Crippen LogP contribution in [0.1, 0.15) is 0 Å². The number of aryl methyl sites for hydroxylation is 1. The normalized spacial score (nSPS) is 15.5. The van der Waals surface area contributed by atoms with E-state index < -0.39 is 0 Å². The van der Waals surface area contributed by atoms with Gasteiger partial charge in [0.05, 0.1) is 0 Å². The van der Waals surface area contributed by atoms with Crippen molar-refractivity contribution in [2.75, 3.05) is 31.1 Å². The van der Waals surface area contributed by atoms with E-state index in [1.54, 1.807) is 7.05 Å². The van der Waals surface area contributed by atoms with Crippen LogP contribution in [0.25, 0.3) is 0 Å². The van der Waals surface area contributed by atoms with E-state index in [0.29, 0.717) is 6.01 Å². The molecule has 1 fully saturated rings. The van der Waals surface area contributed by atoms with Crippen LogP contribution in [-0.4, -0.2) is 46.4 Å². The van der Waals surface area contributed by atoms with Crippen molar-refractivity contribution >= 4 is 5.69 Å². The van der Waals surface area contributed by atoms with Crippen molar-refractivity contribution in [2.45, 2.75) is 0 Å². The van der Waals surface area contributed by atoms with E-state index in [2.05, 4.69) is 37.9 Å². The highest BCUT2D eigenvalue weighted by Gasteiger charge is 2.10. The highest BCUT2D eigenvalue weighted by molar-refractivity contribution is 5.49. The maximum absolute atomic E-state index is 5.59. The van der Waals surface area contributed by atoms with Crippen LogP contribution in [0.3, 0.4) is 0 Å². The van der Waals surface area contributed by atoms with Gasteiger partial charge in [-0.15, -0.1) is 0 Å². The van der Waals surface area contributed by atoms with E-state index in [-0.39, 0.29) is 0 Å². The first-order valence-corrected chi connectivity index (χ1v) is 6.29. The fourth-order valence-corrected chi connectivity index (χ4v) is 2.06. The second-order valence-electron chi connectivity index (χ2n) is 4.42. The molecule has 1 saturated heterocycles. The number of nitrogens with zero attached hydrogens (tertiary/aromatic N) is 5. The van der Waals surface area contributed by atoms with E-state index in [0.717, 1.165) is 31.9 Å².